The molecule has 0 fully saturated rings. The highest BCUT2D eigenvalue weighted by Gasteiger charge is 2.15. The smallest absolute Gasteiger partial charge is 0.251 e. The third-order valence-electron chi connectivity index (χ3n) is 3.92. The standard InChI is InChI=1S/C20H24N2O4/c1-4-22(16-8-6-5-7-9-16)19(23)10-11-21-20(24)15-12-17(25-2)14-18(13-15)26-3/h5-9,12-14H,4,10-11H2,1-3H3,(H,21,24). The quantitative estimate of drug-likeness (QED) is 0.790. The predicted octanol–water partition coefficient (Wildman–Crippen LogP) is 2.88. The first kappa shape index (κ1) is 19.3. The molecule has 0 aliphatic rings. The van der Waals surface area contributed by atoms with E-state index in [1.165, 1.54) is 14.2 Å². The SMILES string of the molecule is CCN(C(=O)CCNC(=O)c1cc(OC)cc(OC)c1)c1ccccc1. The Morgan fingerprint density at radius 2 is 1.62 bits per heavy atom. The number of hydrogen-bond donors (Lipinski definition) is 1. The molecule has 0 aliphatic heterocycles. The van der Waals surface area contributed by atoms with Crippen LogP contribution >= 0.6 is 0 Å². The molecule has 2 amide bonds. The van der Waals surface area contributed by atoms with E-state index in [-0.39, 0.29) is 24.8 Å². The van der Waals surface area contributed by atoms with Crippen LogP contribution < -0.4 is 19.7 Å². The molecule has 0 saturated heterocycles. The van der Waals surface area contributed by atoms with Crippen LogP contribution in [0.25, 0.3) is 0 Å². The first-order valence-electron chi connectivity index (χ1n) is 8.45. The number of rotatable bonds is 8. The van der Waals surface area contributed by atoms with Crippen LogP contribution in [0.15, 0.2) is 48.5 Å². The minimum Gasteiger partial charge on any atom is -0.497 e. The molecule has 0 bridgehead atoms. The van der Waals surface area contributed by atoms with Crippen molar-refractivity contribution in [2.75, 3.05) is 32.2 Å². The van der Waals surface area contributed by atoms with E-state index in [1.54, 1.807) is 23.1 Å². The number of anilines is 1. The lowest BCUT2D eigenvalue weighted by Crippen LogP contribution is -2.34. The summed E-state index contributed by atoms with van der Waals surface area (Å²) in [5, 5.41) is 2.77. The minimum atomic E-state index is -0.280. The molecule has 0 radical (unpaired) electrons. The molecule has 0 aromatic heterocycles. The molecule has 0 saturated carbocycles. The van der Waals surface area contributed by atoms with Crippen LogP contribution in [0.2, 0.25) is 0 Å². The Labute approximate surface area is 153 Å². The Morgan fingerprint density at radius 1 is 1.00 bits per heavy atom. The fourth-order valence-corrected chi connectivity index (χ4v) is 2.57. The van der Waals surface area contributed by atoms with Crippen LogP contribution in [0.1, 0.15) is 23.7 Å². The van der Waals surface area contributed by atoms with Gasteiger partial charge in [-0.3, -0.25) is 9.59 Å². The summed E-state index contributed by atoms with van der Waals surface area (Å²) >= 11 is 0. The Balaban J connectivity index is 1.94. The van der Waals surface area contributed by atoms with Crippen LogP contribution in [0.5, 0.6) is 11.5 Å². The average molecular weight is 356 g/mol. The second-order valence-corrected chi connectivity index (χ2v) is 5.58. The van der Waals surface area contributed by atoms with E-state index in [2.05, 4.69) is 5.32 Å². The molecule has 2 aromatic carbocycles. The van der Waals surface area contributed by atoms with E-state index in [4.69, 9.17) is 9.47 Å². The lowest BCUT2D eigenvalue weighted by molar-refractivity contribution is -0.118. The van der Waals surface area contributed by atoms with E-state index >= 15 is 0 Å². The lowest BCUT2D eigenvalue weighted by atomic mass is 10.2. The zero-order valence-corrected chi connectivity index (χ0v) is 15.3. The van der Waals surface area contributed by atoms with Crippen molar-refractivity contribution in [3.05, 3.63) is 54.1 Å². The lowest BCUT2D eigenvalue weighted by Gasteiger charge is -2.21. The molecule has 0 aliphatic carbocycles. The summed E-state index contributed by atoms with van der Waals surface area (Å²) in [4.78, 5) is 26.4. The third-order valence-corrected chi connectivity index (χ3v) is 3.92. The maximum atomic E-state index is 12.4. The maximum Gasteiger partial charge on any atom is 0.251 e. The molecule has 2 rings (SSSR count). The van der Waals surface area contributed by atoms with Crippen LogP contribution in [-0.4, -0.2) is 39.1 Å². The van der Waals surface area contributed by atoms with Gasteiger partial charge in [-0.2, -0.15) is 0 Å². The largest absolute Gasteiger partial charge is 0.497 e. The topological polar surface area (TPSA) is 67.9 Å². The summed E-state index contributed by atoms with van der Waals surface area (Å²) in [5.41, 5.74) is 1.27. The zero-order valence-electron chi connectivity index (χ0n) is 15.3. The number of carbonyl (C=O) groups is 2. The Hall–Kier alpha value is -3.02. The maximum absolute atomic E-state index is 12.4. The van der Waals surface area contributed by atoms with Crippen molar-refractivity contribution in [2.24, 2.45) is 0 Å². The zero-order chi connectivity index (χ0) is 18.9. The highest BCUT2D eigenvalue weighted by atomic mass is 16.5. The van der Waals surface area contributed by atoms with Crippen molar-refractivity contribution in [3.63, 3.8) is 0 Å². The molecule has 2 aromatic rings. The van der Waals surface area contributed by atoms with Gasteiger partial charge in [0.2, 0.25) is 5.91 Å². The number of amides is 2. The monoisotopic (exact) mass is 356 g/mol. The predicted molar refractivity (Wildman–Crippen MR) is 101 cm³/mol. The first-order valence-corrected chi connectivity index (χ1v) is 8.45. The summed E-state index contributed by atoms with van der Waals surface area (Å²) < 4.78 is 10.3. The van der Waals surface area contributed by atoms with Gasteiger partial charge in [-0.05, 0) is 31.2 Å². The molecule has 26 heavy (non-hydrogen) atoms. The average Bonchev–Trinajstić information content (AvgIpc) is 2.68. The highest BCUT2D eigenvalue weighted by molar-refractivity contribution is 5.96. The molecule has 6 nitrogen and oxygen atoms in total. The summed E-state index contributed by atoms with van der Waals surface area (Å²) in [6, 6.07) is 14.4. The highest BCUT2D eigenvalue weighted by Crippen LogP contribution is 2.22. The molecule has 0 unspecified atom stereocenters. The van der Waals surface area contributed by atoms with Crippen LogP contribution in [0.4, 0.5) is 5.69 Å². The molecular formula is C20H24N2O4. The second kappa shape index (κ2) is 9.46. The van der Waals surface area contributed by atoms with E-state index in [1.807, 2.05) is 37.3 Å². The van der Waals surface area contributed by atoms with Crippen molar-refractivity contribution >= 4 is 17.5 Å². The van der Waals surface area contributed by atoms with E-state index in [0.717, 1.165) is 5.69 Å². The van der Waals surface area contributed by atoms with Gasteiger partial charge < -0.3 is 19.7 Å². The fourth-order valence-electron chi connectivity index (χ4n) is 2.57. The molecule has 0 spiro atoms. The minimum absolute atomic E-state index is 0.0396. The number of benzene rings is 2. The van der Waals surface area contributed by atoms with E-state index < -0.39 is 0 Å². The summed E-state index contributed by atoms with van der Waals surface area (Å²) in [7, 11) is 3.05. The third kappa shape index (κ3) is 4.99. The summed E-state index contributed by atoms with van der Waals surface area (Å²) in [6.45, 7) is 2.75. The van der Waals surface area contributed by atoms with Crippen LogP contribution in [0, 0.1) is 0 Å². The van der Waals surface area contributed by atoms with Gasteiger partial charge in [-0.15, -0.1) is 0 Å². The van der Waals surface area contributed by atoms with Crippen molar-refractivity contribution < 1.29 is 19.1 Å². The molecule has 138 valence electrons. The normalized spacial score (nSPS) is 10.1. The van der Waals surface area contributed by atoms with Gasteiger partial charge >= 0.3 is 0 Å². The number of nitrogens with zero attached hydrogens (tertiary/aromatic N) is 1. The van der Waals surface area contributed by atoms with Gasteiger partial charge in [0, 0.05) is 36.8 Å². The van der Waals surface area contributed by atoms with Crippen molar-refractivity contribution in [1.82, 2.24) is 5.32 Å². The molecular weight excluding hydrogens is 332 g/mol. The first-order chi connectivity index (χ1) is 12.6. The number of nitrogens with one attached hydrogen (secondary N) is 1. The summed E-state index contributed by atoms with van der Waals surface area (Å²) in [6.07, 6.45) is 0.218. The Morgan fingerprint density at radius 3 is 2.15 bits per heavy atom. The van der Waals surface area contributed by atoms with E-state index in [0.29, 0.717) is 23.6 Å². The number of carbonyl (C=O) groups excluding carboxylic acids is 2. The molecule has 0 heterocycles. The van der Waals surface area contributed by atoms with Crippen molar-refractivity contribution in [2.45, 2.75) is 13.3 Å². The van der Waals surface area contributed by atoms with E-state index in [9.17, 15) is 9.59 Å². The molecule has 6 heteroatoms. The summed E-state index contributed by atoms with van der Waals surface area (Å²) in [5.74, 6) is 0.749. The van der Waals surface area contributed by atoms with Gasteiger partial charge in [0.05, 0.1) is 14.2 Å². The van der Waals surface area contributed by atoms with Crippen molar-refractivity contribution in [1.29, 1.82) is 0 Å². The van der Waals surface area contributed by atoms with Crippen molar-refractivity contribution in [3.8, 4) is 11.5 Å². The number of hydrogen-bond acceptors (Lipinski definition) is 4. The number of ether oxygens (including phenoxy) is 2. The van der Waals surface area contributed by atoms with Gasteiger partial charge in [0.1, 0.15) is 11.5 Å². The Bertz CT molecular complexity index is 724. The van der Waals surface area contributed by atoms with Crippen LogP contribution in [-0.2, 0) is 4.79 Å². The molecule has 0 atom stereocenters. The van der Waals surface area contributed by atoms with Gasteiger partial charge in [-0.25, -0.2) is 0 Å². The number of methoxy groups -OCH3 is 2. The molecule has 1 N–H and O–H groups in total. The van der Waals surface area contributed by atoms with Gasteiger partial charge in [0.25, 0.3) is 5.91 Å². The second-order valence-electron chi connectivity index (χ2n) is 5.58. The van der Waals surface area contributed by atoms with Gasteiger partial charge in [-0.1, -0.05) is 18.2 Å². The van der Waals surface area contributed by atoms with Gasteiger partial charge in [0.15, 0.2) is 0 Å². The van der Waals surface area contributed by atoms with Crippen LogP contribution in [0.3, 0.4) is 0 Å². The Kier molecular flexibility index (Phi) is 7.02. The number of para-hydroxylation sites is 1. The fraction of sp³-hybridized carbons (Fsp3) is 0.300.